The number of nitrogens with one attached hydrogen (secondary N) is 2. The van der Waals surface area contributed by atoms with Crippen molar-refractivity contribution in [2.75, 3.05) is 13.2 Å². The molecule has 2 heterocycles. The molecule has 1 unspecified atom stereocenters. The first-order chi connectivity index (χ1) is 58.2. The molecule has 121 heavy (non-hydrogen) atoms. The van der Waals surface area contributed by atoms with Gasteiger partial charge >= 0.3 is 23.9 Å². The number of aliphatic hydroxyl groups is 4. The summed E-state index contributed by atoms with van der Waals surface area (Å²) in [6, 6.07) is -3.41. The van der Waals surface area contributed by atoms with Crippen molar-refractivity contribution in [2.24, 2.45) is 0 Å². The van der Waals surface area contributed by atoms with Gasteiger partial charge in [-0.15, -0.1) is 0 Å². The van der Waals surface area contributed by atoms with E-state index in [2.05, 4.69) is 52.2 Å². The molecule has 0 aromatic rings. The Balaban J connectivity index is 0.0000732. The molecular weight excluding hydrogens is 1560 g/mol. The van der Waals surface area contributed by atoms with E-state index in [9.17, 15) is 63.5 Å². The van der Waals surface area contributed by atoms with Gasteiger partial charge in [-0.1, -0.05) is 388 Å². The molecule has 714 valence electrons. The highest BCUT2D eigenvalue weighted by Gasteiger charge is 2.53. The topological polar surface area (TPSA) is 378 Å². The highest BCUT2D eigenvalue weighted by molar-refractivity contribution is 7.44. The molecule has 0 radical (unpaired) electrons. The van der Waals surface area contributed by atoms with Gasteiger partial charge in [0.1, 0.15) is 60.9 Å². The molecule has 2 fully saturated rings. The first-order valence-corrected chi connectivity index (χ1v) is 51.4. The lowest BCUT2D eigenvalue weighted by Crippen LogP contribution is -2.67. The van der Waals surface area contributed by atoms with Crippen LogP contribution in [0.5, 0.6) is 0 Å². The summed E-state index contributed by atoms with van der Waals surface area (Å²) in [4.78, 5) is 108. The zero-order valence-electron chi connectivity index (χ0n) is 77.9. The van der Waals surface area contributed by atoms with E-state index in [1.165, 1.54) is 173 Å². The fraction of sp³-hybridized carbons (Fsp3) is 0.938. The molecule has 2 aliphatic rings. The maximum absolute atomic E-state index is 15.0. The van der Waals surface area contributed by atoms with Crippen molar-refractivity contribution in [3.63, 3.8) is 0 Å². The molecule has 25 heteroatoms. The summed E-state index contributed by atoms with van der Waals surface area (Å²) in [7, 11) is -5.83. The van der Waals surface area contributed by atoms with Gasteiger partial charge in [0.25, 0.3) is 7.82 Å². The molecule has 2 amide bonds. The van der Waals surface area contributed by atoms with Crippen molar-refractivity contribution in [1.82, 2.24) is 16.8 Å². The predicted octanol–water partition coefficient (Wildman–Crippen LogP) is 22.0. The van der Waals surface area contributed by atoms with E-state index in [4.69, 9.17) is 37.7 Å². The standard InChI is InChI=1S/C96H181N2O21P.H3N/c1-7-13-19-25-31-37-40-46-52-58-64-70-85(102)113-78(67-61-55-49-43-34-28-22-16-10-4)73-83(100)97-89-92(107)91(106)82(116-95(89)108)77-112-96-90(98-84(101)74-79(68-62-56-50-44-35-29-23-17-11-5)114-86(103)71-65-59-53-47-41-38-32-26-20-14-8-2)94(93(81(76-99)117-96)119-120(109,110)111)118-88(105)75-80(69-63-57-51-45-36-30-24-18-12-6)115-87(104)72-66-60-54-48-42-39-33-27-21-15-9-3;/h78-82,89-96,99,106-108H,7-77H2,1-6H3,(H,97,100)(H,98,101)(H2,109,110,111);1H3/t78-,79-,80-,81-,82-,89-,90-,91-,92-,93-,94-,95+,96-;/m1./s1. The van der Waals surface area contributed by atoms with Crippen LogP contribution in [-0.2, 0) is 71.0 Å². The van der Waals surface area contributed by atoms with Gasteiger partial charge < -0.3 is 84.7 Å². The molecule has 14 atom stereocenters. The maximum atomic E-state index is 15.0. The number of amides is 2. The molecule has 24 nitrogen and oxygen atoms in total. The Kier molecular flexibility index (Phi) is 75.3. The second-order valence-corrected chi connectivity index (χ2v) is 36.6. The number of hydrogen-bond acceptors (Lipinski definition) is 20. The zero-order valence-corrected chi connectivity index (χ0v) is 78.8. The Hall–Kier alpha value is -3.39. The Bertz CT molecular complexity index is 2520. The van der Waals surface area contributed by atoms with Crippen molar-refractivity contribution in [3.05, 3.63) is 0 Å². The average Bonchev–Trinajstić information content (AvgIpc) is 0.774. The van der Waals surface area contributed by atoms with Crippen LogP contribution in [0.15, 0.2) is 0 Å². The Morgan fingerprint density at radius 3 is 0.917 bits per heavy atom. The minimum Gasteiger partial charge on any atom is -0.756 e. The number of esters is 4. The molecule has 2 saturated heterocycles. The van der Waals surface area contributed by atoms with Gasteiger partial charge in [-0.25, -0.2) is 0 Å². The molecule has 2 rings (SSSR count). The first-order valence-electron chi connectivity index (χ1n) is 49.9. The molecule has 0 saturated carbocycles. The van der Waals surface area contributed by atoms with Gasteiger partial charge in [-0.05, 0) is 57.8 Å². The minimum atomic E-state index is -5.83. The summed E-state index contributed by atoms with van der Waals surface area (Å²) in [6.07, 6.45) is 46.3. The van der Waals surface area contributed by atoms with Gasteiger partial charge in [-0.2, -0.15) is 0 Å². The van der Waals surface area contributed by atoms with E-state index in [1.54, 1.807) is 0 Å². The molecule has 2 aliphatic heterocycles. The quantitative estimate of drug-likeness (QED) is 0.0121. The zero-order chi connectivity index (χ0) is 87.7. The molecular formula is C96H184N3O21P. The smallest absolute Gasteiger partial charge is 0.310 e. The normalized spacial score (nSPS) is 20.4. The molecule has 11 N–H and O–H groups in total. The van der Waals surface area contributed by atoms with E-state index in [0.29, 0.717) is 51.4 Å². The van der Waals surface area contributed by atoms with Gasteiger partial charge in [-0.3, -0.25) is 33.3 Å². The Morgan fingerprint density at radius 1 is 0.355 bits per heavy atom. The van der Waals surface area contributed by atoms with Gasteiger partial charge in [0, 0.05) is 19.3 Å². The van der Waals surface area contributed by atoms with E-state index in [-0.39, 0.29) is 38.3 Å². The van der Waals surface area contributed by atoms with Crippen molar-refractivity contribution in [1.29, 1.82) is 0 Å². The monoisotopic (exact) mass is 1750 g/mol. The average molecular weight is 1750 g/mol. The summed E-state index contributed by atoms with van der Waals surface area (Å²) in [6.45, 7) is 11.4. The van der Waals surface area contributed by atoms with Gasteiger partial charge in [0.15, 0.2) is 18.7 Å². The summed E-state index contributed by atoms with van der Waals surface area (Å²) in [5.41, 5.74) is 0. The van der Waals surface area contributed by atoms with Gasteiger partial charge in [0.05, 0.1) is 32.5 Å². The number of phosphoric acid groups is 1. The second kappa shape index (κ2) is 78.8. The van der Waals surface area contributed by atoms with E-state index >= 15 is 0 Å². The number of hydrogen-bond donors (Lipinski definition) is 8. The lowest BCUT2D eigenvalue weighted by molar-refractivity contribution is -0.304. The van der Waals surface area contributed by atoms with E-state index in [0.717, 1.165) is 173 Å². The fourth-order valence-corrected chi connectivity index (χ4v) is 17.2. The molecule has 0 aliphatic carbocycles. The van der Waals surface area contributed by atoms with Crippen LogP contribution in [0.2, 0.25) is 0 Å². The summed E-state index contributed by atoms with van der Waals surface area (Å²) >= 11 is 0. The first kappa shape index (κ1) is 116. The summed E-state index contributed by atoms with van der Waals surface area (Å²) in [5.74, 6) is -3.90. The van der Waals surface area contributed by atoms with Crippen LogP contribution >= 0.6 is 7.82 Å². The third-order valence-electron chi connectivity index (χ3n) is 24.1. The highest BCUT2D eigenvalue weighted by Crippen LogP contribution is 2.40. The van der Waals surface area contributed by atoms with Crippen LogP contribution < -0.4 is 21.7 Å². The predicted molar refractivity (Wildman–Crippen MR) is 481 cm³/mol. The van der Waals surface area contributed by atoms with Gasteiger partial charge in [0.2, 0.25) is 11.8 Å². The lowest BCUT2D eigenvalue weighted by atomic mass is 9.95. The number of phosphoric ester groups is 1. The minimum absolute atomic E-state index is 0. The largest absolute Gasteiger partial charge is 0.756 e. The SMILES string of the molecule is CCCCCCCCCCCCCC(=O)O[C@H](CCCCCCCCCCC)CC(=O)N[C@@H]1[C@@H](O)[C@H](O)[C@@H](CO[C@@H]2O[C@H](CO)[C@@H](OP(=O)([O-])O)[C@H](OC(=O)C[C@@H](CCCCCCCCCCC)OC(=O)CCCCCCCCCCCCC)[C@H]2NC(=O)C[C@@H](CCCCCCCCCCC)OC(=O)CCCCCCCCCCCCC)O[C@@H]1O.[NH4+]. The summed E-state index contributed by atoms with van der Waals surface area (Å²) < 4.78 is 61.1. The number of carbonyl (C=O) groups excluding carboxylic acids is 6. The number of rotatable bonds is 84. The van der Waals surface area contributed by atoms with Crippen molar-refractivity contribution in [2.45, 2.75) is 564 Å². The van der Waals surface area contributed by atoms with Crippen LogP contribution in [0.1, 0.15) is 485 Å². The number of unbranched alkanes of at least 4 members (excludes halogenated alkanes) is 54. The number of aliphatic hydroxyl groups excluding tert-OH is 4. The Morgan fingerprint density at radius 2 is 0.628 bits per heavy atom. The van der Waals surface area contributed by atoms with Crippen LogP contribution in [0.3, 0.4) is 0 Å². The summed E-state index contributed by atoms with van der Waals surface area (Å²) in [5, 5.41) is 51.8. The fourth-order valence-electron chi connectivity index (χ4n) is 16.7. The van der Waals surface area contributed by atoms with Crippen molar-refractivity contribution < 1.29 is 101 Å². The second-order valence-electron chi connectivity index (χ2n) is 35.4. The highest BCUT2D eigenvalue weighted by atomic mass is 31.2. The van der Waals surface area contributed by atoms with Crippen molar-refractivity contribution >= 4 is 43.5 Å². The van der Waals surface area contributed by atoms with Crippen molar-refractivity contribution in [3.8, 4) is 0 Å². The molecule has 0 spiro atoms. The van der Waals surface area contributed by atoms with Crippen LogP contribution in [0.4, 0.5) is 0 Å². The Labute approximate surface area is 735 Å². The third kappa shape index (κ3) is 62.5. The third-order valence-corrected chi connectivity index (χ3v) is 24.6. The van der Waals surface area contributed by atoms with E-state index < -0.39 is 149 Å². The number of quaternary nitrogens is 1. The maximum Gasteiger partial charge on any atom is 0.310 e. The van der Waals surface area contributed by atoms with Crippen LogP contribution in [0, 0.1) is 0 Å². The number of ether oxygens (including phenoxy) is 7. The van der Waals surface area contributed by atoms with E-state index in [1.807, 2.05) is 0 Å². The van der Waals surface area contributed by atoms with Crippen LogP contribution in [0.25, 0.3) is 0 Å². The molecule has 0 aromatic heterocycles. The lowest BCUT2D eigenvalue weighted by Gasteiger charge is -2.47. The molecule has 0 aromatic carbocycles. The number of carbonyl (C=O) groups is 6. The molecule has 0 bridgehead atoms. The van der Waals surface area contributed by atoms with Crippen LogP contribution in [-0.4, -0.2) is 154 Å².